The minimum absolute atomic E-state index is 0. The normalized spacial score (nSPS) is 15.6. The van der Waals surface area contributed by atoms with Gasteiger partial charge >= 0.3 is 0 Å². The van der Waals surface area contributed by atoms with Gasteiger partial charge < -0.3 is 15.5 Å². The number of guanidine groups is 1. The van der Waals surface area contributed by atoms with Crippen molar-refractivity contribution in [1.82, 2.24) is 35.0 Å². The zero-order valence-corrected chi connectivity index (χ0v) is 20.4. The van der Waals surface area contributed by atoms with Gasteiger partial charge in [0.25, 0.3) is 0 Å². The van der Waals surface area contributed by atoms with Crippen LogP contribution in [0.25, 0.3) is 5.65 Å². The number of likely N-dealkylation sites (N-methyl/N-ethyl adjacent to an activating group) is 1. The molecule has 0 aromatic carbocycles. The van der Waals surface area contributed by atoms with Crippen molar-refractivity contribution in [1.29, 1.82) is 0 Å². The summed E-state index contributed by atoms with van der Waals surface area (Å²) < 4.78 is 2.00. The van der Waals surface area contributed by atoms with E-state index in [1.807, 2.05) is 28.8 Å². The Bertz CT molecular complexity index is 829. The molecule has 1 aliphatic rings. The molecule has 9 nitrogen and oxygen atoms in total. The number of nitrogens with zero attached hydrogens (tertiary/aromatic N) is 6. The van der Waals surface area contributed by atoms with Crippen LogP contribution in [0.1, 0.15) is 25.6 Å². The van der Waals surface area contributed by atoms with E-state index in [1.54, 1.807) is 19.0 Å². The lowest BCUT2D eigenvalue weighted by Crippen LogP contribution is -2.50. The number of carbonyl (C=O) groups is 1. The Balaban J connectivity index is 0.00000320. The van der Waals surface area contributed by atoms with Gasteiger partial charge in [-0.2, -0.15) is 0 Å². The van der Waals surface area contributed by atoms with E-state index in [0.717, 1.165) is 56.3 Å². The van der Waals surface area contributed by atoms with Crippen LogP contribution in [0.2, 0.25) is 0 Å². The molecule has 1 aliphatic heterocycles. The molecule has 30 heavy (non-hydrogen) atoms. The molecule has 0 spiro atoms. The second-order valence-electron chi connectivity index (χ2n) is 7.54. The van der Waals surface area contributed by atoms with Gasteiger partial charge in [0.1, 0.15) is 5.82 Å². The van der Waals surface area contributed by atoms with E-state index in [1.165, 1.54) is 0 Å². The Kier molecular flexibility index (Phi) is 9.76. The molecular formula is C20H33IN8O. The van der Waals surface area contributed by atoms with E-state index in [4.69, 9.17) is 4.99 Å². The lowest BCUT2D eigenvalue weighted by molar-refractivity contribution is -0.130. The summed E-state index contributed by atoms with van der Waals surface area (Å²) in [5.41, 5.74) is 0.857. The third-order valence-electron chi connectivity index (χ3n) is 5.12. The third-order valence-corrected chi connectivity index (χ3v) is 5.12. The van der Waals surface area contributed by atoms with Gasteiger partial charge in [0.15, 0.2) is 11.6 Å². The molecule has 1 amide bonds. The Morgan fingerprint density at radius 2 is 2.03 bits per heavy atom. The highest BCUT2D eigenvalue weighted by Crippen LogP contribution is 2.10. The molecular weight excluding hydrogens is 495 g/mol. The van der Waals surface area contributed by atoms with E-state index in [0.29, 0.717) is 19.1 Å². The fourth-order valence-corrected chi connectivity index (χ4v) is 3.41. The molecule has 2 aromatic heterocycles. The number of piperidine rings is 1. The van der Waals surface area contributed by atoms with Gasteiger partial charge in [-0.15, -0.1) is 34.2 Å². The van der Waals surface area contributed by atoms with Crippen molar-refractivity contribution in [2.75, 3.05) is 46.8 Å². The average Bonchev–Trinajstić information content (AvgIpc) is 3.13. The van der Waals surface area contributed by atoms with E-state index >= 15 is 0 Å². The van der Waals surface area contributed by atoms with Gasteiger partial charge in [-0.1, -0.05) is 6.07 Å². The summed E-state index contributed by atoms with van der Waals surface area (Å²) in [5.74, 6) is 1.91. The molecule has 0 radical (unpaired) electrons. The molecule has 2 aromatic rings. The van der Waals surface area contributed by atoms with Gasteiger partial charge in [-0.05, 0) is 31.9 Å². The standard InChI is InChI=1S/C20H32N8O.HI/c1-4-21-20(22-11-8-18-25-24-17-7-5-6-12-28(17)18)23-16-9-13-27(14-10-16)15-19(29)26(2)3;/h5-7,12,16H,4,8-11,13-15H2,1-3H3,(H2,21,22,23);1H. The fraction of sp³-hybridized carbons (Fsp3) is 0.600. The first-order chi connectivity index (χ1) is 14.1. The van der Waals surface area contributed by atoms with Gasteiger partial charge in [-0.3, -0.25) is 19.1 Å². The third kappa shape index (κ3) is 6.79. The summed E-state index contributed by atoms with van der Waals surface area (Å²) in [4.78, 5) is 20.5. The number of aliphatic imine (C=N–C) groups is 1. The summed E-state index contributed by atoms with van der Waals surface area (Å²) in [6.07, 6.45) is 4.71. The maximum Gasteiger partial charge on any atom is 0.236 e. The quantitative estimate of drug-likeness (QED) is 0.317. The van der Waals surface area contributed by atoms with Crippen LogP contribution in [-0.4, -0.2) is 89.1 Å². The molecule has 3 rings (SSSR count). The zero-order valence-electron chi connectivity index (χ0n) is 18.0. The SMILES string of the molecule is CCNC(=NCCc1nnc2ccccn12)NC1CCN(CC(=O)N(C)C)CC1.I. The molecule has 3 heterocycles. The molecule has 0 saturated carbocycles. The Labute approximate surface area is 195 Å². The number of hydrogen-bond donors (Lipinski definition) is 2. The second kappa shape index (κ2) is 12.0. The highest BCUT2D eigenvalue weighted by atomic mass is 127. The highest BCUT2D eigenvalue weighted by Gasteiger charge is 2.22. The maximum atomic E-state index is 11.9. The number of aromatic nitrogens is 3. The minimum atomic E-state index is 0. The van der Waals surface area contributed by atoms with Crippen molar-refractivity contribution in [3.63, 3.8) is 0 Å². The van der Waals surface area contributed by atoms with Crippen molar-refractivity contribution in [2.45, 2.75) is 32.2 Å². The van der Waals surface area contributed by atoms with Gasteiger partial charge in [-0.25, -0.2) is 0 Å². The Morgan fingerprint density at radius 3 is 2.73 bits per heavy atom. The zero-order chi connectivity index (χ0) is 20.6. The van der Waals surface area contributed by atoms with Crippen molar-refractivity contribution in [3.05, 3.63) is 30.2 Å². The smallest absolute Gasteiger partial charge is 0.236 e. The first kappa shape index (κ1) is 24.3. The van der Waals surface area contributed by atoms with E-state index in [9.17, 15) is 4.79 Å². The van der Waals surface area contributed by atoms with Crippen molar-refractivity contribution in [3.8, 4) is 0 Å². The lowest BCUT2D eigenvalue weighted by Gasteiger charge is -2.33. The van der Waals surface area contributed by atoms with Crippen LogP contribution in [0.15, 0.2) is 29.4 Å². The van der Waals surface area contributed by atoms with Crippen LogP contribution in [0.5, 0.6) is 0 Å². The molecule has 1 saturated heterocycles. The van der Waals surface area contributed by atoms with Crippen LogP contribution < -0.4 is 10.6 Å². The summed E-state index contributed by atoms with van der Waals surface area (Å²) in [6.45, 7) is 5.86. The van der Waals surface area contributed by atoms with Crippen molar-refractivity contribution in [2.24, 2.45) is 4.99 Å². The number of carbonyl (C=O) groups excluding carboxylic acids is 1. The molecule has 166 valence electrons. The monoisotopic (exact) mass is 528 g/mol. The predicted octanol–water partition coefficient (Wildman–Crippen LogP) is 0.997. The van der Waals surface area contributed by atoms with E-state index in [-0.39, 0.29) is 29.9 Å². The first-order valence-corrected chi connectivity index (χ1v) is 10.3. The summed E-state index contributed by atoms with van der Waals surface area (Å²) >= 11 is 0. The predicted molar refractivity (Wildman–Crippen MR) is 129 cm³/mol. The molecule has 0 atom stereocenters. The topological polar surface area (TPSA) is 90.2 Å². The van der Waals surface area contributed by atoms with Crippen molar-refractivity contribution >= 4 is 41.5 Å². The Hall–Kier alpha value is -1.95. The number of likely N-dealkylation sites (tertiary alicyclic amines) is 1. The summed E-state index contributed by atoms with van der Waals surface area (Å²) in [5, 5.41) is 15.3. The first-order valence-electron chi connectivity index (χ1n) is 10.3. The number of hydrogen-bond acceptors (Lipinski definition) is 5. The largest absolute Gasteiger partial charge is 0.357 e. The second-order valence-corrected chi connectivity index (χ2v) is 7.54. The number of halogens is 1. The molecule has 0 bridgehead atoms. The number of nitrogens with one attached hydrogen (secondary N) is 2. The minimum Gasteiger partial charge on any atom is -0.357 e. The highest BCUT2D eigenvalue weighted by molar-refractivity contribution is 14.0. The van der Waals surface area contributed by atoms with Gasteiger partial charge in [0, 0.05) is 58.9 Å². The van der Waals surface area contributed by atoms with Crippen LogP contribution in [0.3, 0.4) is 0 Å². The molecule has 2 N–H and O–H groups in total. The van der Waals surface area contributed by atoms with Crippen LogP contribution >= 0.6 is 24.0 Å². The van der Waals surface area contributed by atoms with Gasteiger partial charge in [0.05, 0.1) is 6.54 Å². The van der Waals surface area contributed by atoms with E-state index < -0.39 is 0 Å². The maximum absolute atomic E-state index is 11.9. The number of fused-ring (bicyclic) bond motifs is 1. The summed E-state index contributed by atoms with van der Waals surface area (Å²) in [6, 6.07) is 6.25. The van der Waals surface area contributed by atoms with Crippen LogP contribution in [-0.2, 0) is 11.2 Å². The molecule has 0 unspecified atom stereocenters. The van der Waals surface area contributed by atoms with Gasteiger partial charge in [0.2, 0.25) is 5.91 Å². The average molecular weight is 528 g/mol. The number of amides is 1. The molecule has 0 aliphatic carbocycles. The van der Waals surface area contributed by atoms with Crippen LogP contribution in [0.4, 0.5) is 0 Å². The fourth-order valence-electron chi connectivity index (χ4n) is 3.41. The lowest BCUT2D eigenvalue weighted by atomic mass is 10.1. The molecule has 1 fully saturated rings. The Morgan fingerprint density at radius 1 is 1.27 bits per heavy atom. The number of pyridine rings is 1. The van der Waals surface area contributed by atoms with Crippen molar-refractivity contribution < 1.29 is 4.79 Å². The number of rotatable bonds is 7. The molecule has 10 heteroatoms. The van der Waals surface area contributed by atoms with Crippen LogP contribution in [0, 0.1) is 0 Å². The van der Waals surface area contributed by atoms with E-state index in [2.05, 4.69) is 32.7 Å². The summed E-state index contributed by atoms with van der Waals surface area (Å²) in [7, 11) is 3.61.